The molecule has 84 valence electrons. The van der Waals surface area contributed by atoms with Gasteiger partial charge in [-0.15, -0.1) is 0 Å². The van der Waals surface area contributed by atoms with Crippen molar-refractivity contribution in [3.05, 3.63) is 0 Å². The Morgan fingerprint density at radius 3 is 2.21 bits per heavy atom. The zero-order chi connectivity index (χ0) is 11.4. The summed E-state index contributed by atoms with van der Waals surface area (Å²) in [6.07, 6.45) is -2.45. The minimum Gasteiger partial charge on any atom is -0.350 e. The van der Waals surface area contributed by atoms with Gasteiger partial charge in [-0.1, -0.05) is 0 Å². The van der Waals surface area contributed by atoms with E-state index in [0.29, 0.717) is 0 Å². The normalized spacial score (nSPS) is 14.2. The zero-order valence-electron chi connectivity index (χ0n) is 9.03. The van der Waals surface area contributed by atoms with Gasteiger partial charge >= 0.3 is 0 Å². The largest absolute Gasteiger partial charge is 0.350 e. The van der Waals surface area contributed by atoms with Crippen molar-refractivity contribution < 1.29 is 13.6 Å². The van der Waals surface area contributed by atoms with Gasteiger partial charge in [0.2, 0.25) is 5.91 Å². The van der Waals surface area contributed by atoms with Gasteiger partial charge < -0.3 is 10.6 Å². The van der Waals surface area contributed by atoms with Crippen molar-refractivity contribution in [3.63, 3.8) is 0 Å². The van der Waals surface area contributed by atoms with Crippen LogP contribution in [-0.2, 0) is 4.79 Å². The second kappa shape index (κ2) is 5.24. The molecule has 0 aromatic carbocycles. The molecule has 0 aromatic heterocycles. The van der Waals surface area contributed by atoms with E-state index in [1.54, 1.807) is 0 Å². The molecule has 1 amide bonds. The van der Waals surface area contributed by atoms with Gasteiger partial charge in [-0.25, -0.2) is 8.78 Å². The fraction of sp³-hybridized carbons (Fsp3) is 0.889. The number of amides is 1. The first-order valence-electron chi connectivity index (χ1n) is 4.55. The van der Waals surface area contributed by atoms with Gasteiger partial charge in [-0.2, -0.15) is 0 Å². The van der Waals surface area contributed by atoms with E-state index >= 15 is 0 Å². The summed E-state index contributed by atoms with van der Waals surface area (Å²) in [5.74, 6) is -0.273. The number of rotatable bonds is 4. The van der Waals surface area contributed by atoms with Crippen LogP contribution >= 0.6 is 0 Å². The number of halogens is 2. The van der Waals surface area contributed by atoms with Gasteiger partial charge in [0.05, 0.1) is 12.6 Å². The van der Waals surface area contributed by atoms with Crippen LogP contribution in [0.25, 0.3) is 0 Å². The van der Waals surface area contributed by atoms with Crippen molar-refractivity contribution >= 4 is 5.91 Å². The van der Waals surface area contributed by atoms with Crippen LogP contribution in [0.3, 0.4) is 0 Å². The average molecular weight is 208 g/mol. The fourth-order valence-corrected chi connectivity index (χ4v) is 0.805. The number of carbonyl (C=O) groups is 1. The standard InChI is InChI=1S/C9H18F2N2O/c1-6(8(10)11)12-5-7(14)13-9(2,3)4/h6,8,12H,5H2,1-4H3,(H,13,14). The van der Waals surface area contributed by atoms with E-state index in [2.05, 4.69) is 10.6 Å². The summed E-state index contributed by atoms with van der Waals surface area (Å²) in [6.45, 7) is 6.77. The predicted octanol–water partition coefficient (Wildman–Crippen LogP) is 1.14. The second-order valence-electron chi connectivity index (χ2n) is 4.30. The van der Waals surface area contributed by atoms with Gasteiger partial charge in [0.15, 0.2) is 0 Å². The fourth-order valence-electron chi connectivity index (χ4n) is 0.805. The SMILES string of the molecule is CC(NCC(=O)NC(C)(C)C)C(F)F. The van der Waals surface area contributed by atoms with Crippen LogP contribution in [-0.4, -0.2) is 30.5 Å². The van der Waals surface area contributed by atoms with Gasteiger partial charge in [0.25, 0.3) is 6.43 Å². The van der Waals surface area contributed by atoms with E-state index in [0.717, 1.165) is 0 Å². The molecular weight excluding hydrogens is 190 g/mol. The van der Waals surface area contributed by atoms with Crippen molar-refractivity contribution in [1.29, 1.82) is 0 Å². The summed E-state index contributed by atoms with van der Waals surface area (Å²) >= 11 is 0. The molecule has 0 heterocycles. The molecule has 0 rings (SSSR count). The van der Waals surface area contributed by atoms with Crippen molar-refractivity contribution in [2.45, 2.75) is 45.7 Å². The van der Waals surface area contributed by atoms with Gasteiger partial charge in [0.1, 0.15) is 0 Å². The van der Waals surface area contributed by atoms with Crippen molar-refractivity contribution in [2.75, 3.05) is 6.54 Å². The molecule has 3 nitrogen and oxygen atoms in total. The molecule has 5 heteroatoms. The summed E-state index contributed by atoms with van der Waals surface area (Å²) in [5, 5.41) is 5.11. The number of carbonyl (C=O) groups excluding carboxylic acids is 1. The molecule has 0 radical (unpaired) electrons. The van der Waals surface area contributed by atoms with E-state index in [4.69, 9.17) is 0 Å². The van der Waals surface area contributed by atoms with Crippen LogP contribution in [0, 0.1) is 0 Å². The summed E-state index contributed by atoms with van der Waals surface area (Å²) in [6, 6.07) is -0.958. The molecule has 0 aliphatic carbocycles. The maximum absolute atomic E-state index is 12.0. The Kier molecular flexibility index (Phi) is 4.97. The van der Waals surface area contributed by atoms with Crippen LogP contribution in [0.1, 0.15) is 27.7 Å². The van der Waals surface area contributed by atoms with Gasteiger partial charge in [-0.05, 0) is 27.7 Å². The molecule has 1 atom stereocenters. The number of nitrogens with one attached hydrogen (secondary N) is 2. The van der Waals surface area contributed by atoms with Gasteiger partial charge in [-0.3, -0.25) is 4.79 Å². The molecule has 2 N–H and O–H groups in total. The van der Waals surface area contributed by atoms with E-state index in [-0.39, 0.29) is 18.0 Å². The summed E-state index contributed by atoms with van der Waals surface area (Å²) in [7, 11) is 0. The minimum absolute atomic E-state index is 0.0806. The third-order valence-electron chi connectivity index (χ3n) is 1.48. The molecule has 0 spiro atoms. The number of hydrogen-bond acceptors (Lipinski definition) is 2. The summed E-state index contributed by atoms with van der Waals surface area (Å²) in [4.78, 5) is 11.2. The Morgan fingerprint density at radius 1 is 1.36 bits per heavy atom. The lowest BCUT2D eigenvalue weighted by Gasteiger charge is -2.21. The highest BCUT2D eigenvalue weighted by atomic mass is 19.3. The molecular formula is C9H18F2N2O. The quantitative estimate of drug-likeness (QED) is 0.727. The maximum atomic E-state index is 12.0. The Bertz CT molecular complexity index is 190. The highest BCUT2D eigenvalue weighted by Crippen LogP contribution is 2.00. The van der Waals surface area contributed by atoms with E-state index < -0.39 is 12.5 Å². The zero-order valence-corrected chi connectivity index (χ0v) is 9.03. The maximum Gasteiger partial charge on any atom is 0.253 e. The Labute approximate surface area is 83.3 Å². The van der Waals surface area contributed by atoms with E-state index in [1.807, 2.05) is 20.8 Å². The van der Waals surface area contributed by atoms with Crippen molar-refractivity contribution in [2.24, 2.45) is 0 Å². The summed E-state index contributed by atoms with van der Waals surface area (Å²) in [5.41, 5.74) is -0.327. The van der Waals surface area contributed by atoms with Crippen LogP contribution in [0.4, 0.5) is 8.78 Å². The highest BCUT2D eigenvalue weighted by Gasteiger charge is 2.17. The highest BCUT2D eigenvalue weighted by molar-refractivity contribution is 5.78. The van der Waals surface area contributed by atoms with Crippen molar-refractivity contribution in [1.82, 2.24) is 10.6 Å². The molecule has 0 saturated carbocycles. The Hall–Kier alpha value is -0.710. The Morgan fingerprint density at radius 2 is 1.86 bits per heavy atom. The monoisotopic (exact) mass is 208 g/mol. The molecule has 0 aliphatic rings. The number of alkyl halides is 2. The summed E-state index contributed by atoms with van der Waals surface area (Å²) < 4.78 is 24.0. The predicted molar refractivity (Wildman–Crippen MR) is 51.4 cm³/mol. The number of hydrogen-bond donors (Lipinski definition) is 2. The topological polar surface area (TPSA) is 41.1 Å². The van der Waals surface area contributed by atoms with E-state index in [9.17, 15) is 13.6 Å². The molecule has 14 heavy (non-hydrogen) atoms. The molecule has 0 aromatic rings. The first-order chi connectivity index (χ1) is 6.22. The molecule has 0 fully saturated rings. The third kappa shape index (κ3) is 6.77. The Balaban J connectivity index is 3.75. The van der Waals surface area contributed by atoms with Crippen molar-refractivity contribution in [3.8, 4) is 0 Å². The third-order valence-corrected chi connectivity index (χ3v) is 1.48. The lowest BCUT2D eigenvalue weighted by atomic mass is 10.1. The van der Waals surface area contributed by atoms with E-state index in [1.165, 1.54) is 6.92 Å². The van der Waals surface area contributed by atoms with Crippen LogP contribution in [0.2, 0.25) is 0 Å². The van der Waals surface area contributed by atoms with Crippen LogP contribution < -0.4 is 10.6 Å². The smallest absolute Gasteiger partial charge is 0.253 e. The van der Waals surface area contributed by atoms with Crippen LogP contribution in [0.5, 0.6) is 0 Å². The first kappa shape index (κ1) is 13.3. The lowest BCUT2D eigenvalue weighted by molar-refractivity contribution is -0.121. The van der Waals surface area contributed by atoms with Crippen LogP contribution in [0.15, 0.2) is 0 Å². The van der Waals surface area contributed by atoms with Gasteiger partial charge in [0, 0.05) is 5.54 Å². The first-order valence-corrected chi connectivity index (χ1v) is 4.55. The second-order valence-corrected chi connectivity index (χ2v) is 4.30. The molecule has 0 aliphatic heterocycles. The molecule has 0 bridgehead atoms. The lowest BCUT2D eigenvalue weighted by Crippen LogP contribution is -2.47. The average Bonchev–Trinajstić information content (AvgIpc) is 1.96. The minimum atomic E-state index is -2.45. The molecule has 1 unspecified atom stereocenters. The molecule has 0 saturated heterocycles.